The number of anilines is 1. The molecule has 6 heteroatoms. The fraction of sp³-hybridized carbons (Fsp3) is 0.120. The zero-order valence-corrected chi connectivity index (χ0v) is 17.1. The van der Waals surface area contributed by atoms with E-state index in [0.29, 0.717) is 17.9 Å². The topological polar surface area (TPSA) is 83.2 Å². The summed E-state index contributed by atoms with van der Waals surface area (Å²) in [5.41, 5.74) is 3.61. The molecule has 3 aromatic carbocycles. The van der Waals surface area contributed by atoms with Crippen LogP contribution in [-0.4, -0.2) is 23.0 Å². The zero-order chi connectivity index (χ0) is 21.6. The summed E-state index contributed by atoms with van der Waals surface area (Å²) in [6.45, 7) is 1.95. The highest BCUT2D eigenvalue weighted by Crippen LogP contribution is 2.20. The number of ether oxygens (including phenoxy) is 1. The van der Waals surface area contributed by atoms with Crippen molar-refractivity contribution in [2.75, 3.05) is 5.32 Å². The molecule has 0 aliphatic heterocycles. The highest BCUT2D eigenvalue weighted by Gasteiger charge is 2.24. The van der Waals surface area contributed by atoms with Crippen molar-refractivity contribution < 1.29 is 14.3 Å². The van der Waals surface area contributed by atoms with Crippen LogP contribution >= 0.6 is 0 Å². The maximum Gasteiger partial charge on any atom is 0.413 e. The minimum atomic E-state index is -0.823. The highest BCUT2D eigenvalue weighted by atomic mass is 16.6. The molecule has 1 atom stereocenters. The number of hydrogen-bond acceptors (Lipinski definition) is 3. The standard InChI is InChI=1S/C25H23N3O3/c1-17-8-7-9-19(14-17)27-24(29)23(28-25(30)31-20-10-3-2-4-11-20)15-18-16-26-22-13-6-5-12-21(18)22/h2-14,16,23,26H,15H2,1H3,(H,27,29)(H,28,30)/t23-/m1/s1. The van der Waals surface area contributed by atoms with Gasteiger partial charge in [-0.1, -0.05) is 48.5 Å². The number of carbonyl (C=O) groups is 2. The molecule has 0 unspecified atom stereocenters. The Kier molecular flexibility index (Phi) is 5.98. The fourth-order valence-electron chi connectivity index (χ4n) is 3.45. The lowest BCUT2D eigenvalue weighted by Crippen LogP contribution is -2.46. The van der Waals surface area contributed by atoms with E-state index >= 15 is 0 Å². The largest absolute Gasteiger partial charge is 0.413 e. The first kappa shape index (κ1) is 20.2. The van der Waals surface area contributed by atoms with Crippen molar-refractivity contribution in [1.82, 2.24) is 10.3 Å². The molecule has 0 radical (unpaired) electrons. The lowest BCUT2D eigenvalue weighted by atomic mass is 10.0. The van der Waals surface area contributed by atoms with Crippen molar-refractivity contribution in [2.24, 2.45) is 0 Å². The Balaban J connectivity index is 1.54. The van der Waals surface area contributed by atoms with Crippen molar-refractivity contribution in [3.05, 3.63) is 96.2 Å². The van der Waals surface area contributed by atoms with Crippen LogP contribution < -0.4 is 15.4 Å². The molecular formula is C25H23N3O3. The summed E-state index contributed by atoms with van der Waals surface area (Å²) in [4.78, 5) is 28.8. The number of benzene rings is 3. The third-order valence-corrected chi connectivity index (χ3v) is 4.95. The van der Waals surface area contributed by atoms with E-state index in [1.807, 2.05) is 67.7 Å². The van der Waals surface area contributed by atoms with Crippen LogP contribution in [0.25, 0.3) is 10.9 Å². The third-order valence-electron chi connectivity index (χ3n) is 4.95. The van der Waals surface area contributed by atoms with E-state index in [1.54, 1.807) is 24.3 Å². The first-order valence-electron chi connectivity index (χ1n) is 10.0. The van der Waals surface area contributed by atoms with E-state index in [1.165, 1.54) is 0 Å². The molecule has 0 saturated heterocycles. The van der Waals surface area contributed by atoms with Crippen LogP contribution in [0.15, 0.2) is 85.1 Å². The van der Waals surface area contributed by atoms with E-state index in [2.05, 4.69) is 15.6 Å². The van der Waals surface area contributed by atoms with E-state index in [0.717, 1.165) is 22.0 Å². The predicted molar refractivity (Wildman–Crippen MR) is 121 cm³/mol. The molecule has 31 heavy (non-hydrogen) atoms. The van der Waals surface area contributed by atoms with Crippen molar-refractivity contribution in [3.63, 3.8) is 0 Å². The van der Waals surface area contributed by atoms with Crippen LogP contribution in [0.3, 0.4) is 0 Å². The van der Waals surface area contributed by atoms with Gasteiger partial charge in [-0.25, -0.2) is 4.79 Å². The average Bonchev–Trinajstić information content (AvgIpc) is 3.17. The van der Waals surface area contributed by atoms with E-state index in [-0.39, 0.29) is 5.91 Å². The van der Waals surface area contributed by atoms with Gasteiger partial charge in [0, 0.05) is 29.2 Å². The number of aryl methyl sites for hydroxylation is 1. The minimum Gasteiger partial charge on any atom is -0.410 e. The molecule has 3 N–H and O–H groups in total. The number of aromatic amines is 1. The number of para-hydroxylation sites is 2. The normalized spacial score (nSPS) is 11.6. The molecule has 2 amide bonds. The molecule has 1 aromatic heterocycles. The van der Waals surface area contributed by atoms with Crippen LogP contribution in [0, 0.1) is 6.92 Å². The SMILES string of the molecule is Cc1cccc(NC(=O)[C@@H](Cc2c[nH]c3ccccc23)NC(=O)Oc2ccccc2)c1. The van der Waals surface area contributed by atoms with Crippen molar-refractivity contribution >= 4 is 28.6 Å². The number of hydrogen-bond donors (Lipinski definition) is 3. The summed E-state index contributed by atoms with van der Waals surface area (Å²) in [5.74, 6) is 0.0887. The first-order chi connectivity index (χ1) is 15.1. The van der Waals surface area contributed by atoms with Crippen LogP contribution in [0.5, 0.6) is 5.75 Å². The molecule has 0 spiro atoms. The smallest absolute Gasteiger partial charge is 0.410 e. The number of amides is 2. The van der Waals surface area contributed by atoms with Gasteiger partial charge in [0.2, 0.25) is 5.91 Å². The monoisotopic (exact) mass is 413 g/mol. The lowest BCUT2D eigenvalue weighted by Gasteiger charge is -2.18. The molecule has 0 bridgehead atoms. The second kappa shape index (κ2) is 9.17. The Labute approximate surface area is 180 Å². The van der Waals surface area contributed by atoms with Gasteiger partial charge >= 0.3 is 6.09 Å². The van der Waals surface area contributed by atoms with Crippen LogP contribution in [-0.2, 0) is 11.2 Å². The maximum atomic E-state index is 13.1. The lowest BCUT2D eigenvalue weighted by molar-refractivity contribution is -0.118. The van der Waals surface area contributed by atoms with Gasteiger partial charge in [0.05, 0.1) is 0 Å². The predicted octanol–water partition coefficient (Wildman–Crippen LogP) is 4.81. The number of carbonyl (C=O) groups excluding carboxylic acids is 2. The molecule has 0 saturated carbocycles. The summed E-state index contributed by atoms with van der Waals surface area (Å²) in [6.07, 6.45) is 1.49. The molecule has 0 fully saturated rings. The van der Waals surface area contributed by atoms with Crippen molar-refractivity contribution in [2.45, 2.75) is 19.4 Å². The molecule has 1 heterocycles. The van der Waals surface area contributed by atoms with E-state index in [9.17, 15) is 9.59 Å². The molecule has 6 nitrogen and oxygen atoms in total. The molecule has 0 aliphatic carbocycles. The Hall–Kier alpha value is -4.06. The van der Waals surface area contributed by atoms with Gasteiger partial charge in [0.1, 0.15) is 11.8 Å². The van der Waals surface area contributed by atoms with Gasteiger partial charge in [-0.2, -0.15) is 0 Å². The summed E-state index contributed by atoms with van der Waals surface area (Å²) in [7, 11) is 0. The molecule has 4 rings (SSSR count). The van der Waals surface area contributed by atoms with E-state index < -0.39 is 12.1 Å². The minimum absolute atomic E-state index is 0.311. The average molecular weight is 413 g/mol. The molecule has 156 valence electrons. The van der Waals surface area contributed by atoms with Crippen LogP contribution in [0.4, 0.5) is 10.5 Å². The fourth-order valence-corrected chi connectivity index (χ4v) is 3.45. The number of fused-ring (bicyclic) bond motifs is 1. The van der Waals surface area contributed by atoms with Gasteiger partial charge in [0.15, 0.2) is 0 Å². The zero-order valence-electron chi connectivity index (χ0n) is 17.1. The second-order valence-corrected chi connectivity index (χ2v) is 7.32. The number of nitrogens with one attached hydrogen (secondary N) is 3. The van der Waals surface area contributed by atoms with Gasteiger partial charge in [-0.05, 0) is 48.4 Å². The quantitative estimate of drug-likeness (QED) is 0.424. The Bertz CT molecular complexity index is 1200. The second-order valence-electron chi connectivity index (χ2n) is 7.32. The molecule has 4 aromatic rings. The summed E-state index contributed by atoms with van der Waals surface area (Å²) >= 11 is 0. The van der Waals surface area contributed by atoms with Crippen LogP contribution in [0.1, 0.15) is 11.1 Å². The Morgan fingerprint density at radius 2 is 1.74 bits per heavy atom. The molecule has 0 aliphatic rings. The number of H-pyrrole nitrogens is 1. The first-order valence-corrected chi connectivity index (χ1v) is 10.0. The van der Waals surface area contributed by atoms with Gasteiger partial charge in [0.25, 0.3) is 0 Å². The summed E-state index contributed by atoms with van der Waals surface area (Å²) in [5, 5.41) is 6.62. The summed E-state index contributed by atoms with van der Waals surface area (Å²) < 4.78 is 5.33. The summed E-state index contributed by atoms with van der Waals surface area (Å²) in [6, 6.07) is 23.3. The van der Waals surface area contributed by atoms with Gasteiger partial charge < -0.3 is 20.4 Å². The Morgan fingerprint density at radius 3 is 2.55 bits per heavy atom. The van der Waals surface area contributed by atoms with Gasteiger partial charge in [-0.15, -0.1) is 0 Å². The maximum absolute atomic E-state index is 13.1. The number of aromatic nitrogens is 1. The molecular weight excluding hydrogens is 390 g/mol. The highest BCUT2D eigenvalue weighted by molar-refractivity contribution is 5.97. The van der Waals surface area contributed by atoms with Gasteiger partial charge in [-0.3, -0.25) is 4.79 Å². The van der Waals surface area contributed by atoms with E-state index in [4.69, 9.17) is 4.74 Å². The number of rotatable bonds is 6. The third kappa shape index (κ3) is 5.11. The van der Waals surface area contributed by atoms with Crippen LogP contribution in [0.2, 0.25) is 0 Å². The Morgan fingerprint density at radius 1 is 0.968 bits per heavy atom. The van der Waals surface area contributed by atoms with Crippen molar-refractivity contribution in [3.8, 4) is 5.75 Å². The van der Waals surface area contributed by atoms with Crippen molar-refractivity contribution in [1.29, 1.82) is 0 Å².